The van der Waals surface area contributed by atoms with Gasteiger partial charge in [-0.1, -0.05) is 37.3 Å². The maximum atomic E-state index is 13.5. The van der Waals surface area contributed by atoms with Crippen LogP contribution in [0.4, 0.5) is 13.6 Å². The van der Waals surface area contributed by atoms with Crippen molar-refractivity contribution < 1.29 is 18.3 Å². The van der Waals surface area contributed by atoms with Crippen LogP contribution in [0.15, 0.2) is 30.3 Å². The predicted octanol–water partition coefficient (Wildman–Crippen LogP) is 3.33. The molecule has 1 aromatic carbocycles. The number of halogens is 2. The molecule has 2 aliphatic rings. The van der Waals surface area contributed by atoms with Crippen LogP contribution in [0.3, 0.4) is 0 Å². The van der Waals surface area contributed by atoms with Crippen LogP contribution in [-0.2, 0) is 4.74 Å². The predicted molar refractivity (Wildman–Crippen MR) is 99.9 cm³/mol. The number of hydrogen-bond acceptors (Lipinski definition) is 3. The highest BCUT2D eigenvalue weighted by atomic mass is 19.3. The minimum atomic E-state index is -2.68. The van der Waals surface area contributed by atoms with E-state index in [9.17, 15) is 13.6 Å². The van der Waals surface area contributed by atoms with Gasteiger partial charge < -0.3 is 15.4 Å². The van der Waals surface area contributed by atoms with Crippen molar-refractivity contribution >= 4 is 6.03 Å². The quantitative estimate of drug-likeness (QED) is 0.823. The molecule has 3 rings (SSSR count). The average Bonchev–Trinajstić information content (AvgIpc) is 2.66. The molecule has 7 heteroatoms. The van der Waals surface area contributed by atoms with Crippen LogP contribution in [0.2, 0.25) is 0 Å². The van der Waals surface area contributed by atoms with Crippen molar-refractivity contribution in [3.63, 3.8) is 0 Å². The molecule has 2 N–H and O–H groups in total. The molecule has 1 heterocycles. The summed E-state index contributed by atoms with van der Waals surface area (Å²) in [5.41, 5.74) is 1.15. The molecule has 0 radical (unpaired) electrons. The van der Waals surface area contributed by atoms with E-state index in [0.717, 1.165) is 18.7 Å². The Kier molecular flexibility index (Phi) is 6.65. The molecule has 0 bridgehead atoms. The van der Waals surface area contributed by atoms with E-state index < -0.39 is 18.0 Å². The third-order valence-electron chi connectivity index (χ3n) is 5.44. The molecule has 5 nitrogen and oxygen atoms in total. The summed E-state index contributed by atoms with van der Waals surface area (Å²) in [6, 6.07) is 9.29. The second-order valence-electron chi connectivity index (χ2n) is 7.40. The Balaban J connectivity index is 1.57. The van der Waals surface area contributed by atoms with Crippen LogP contribution in [-0.4, -0.2) is 55.2 Å². The number of carbonyl (C=O) groups excluding carboxylic acids is 1. The summed E-state index contributed by atoms with van der Waals surface area (Å²) in [7, 11) is 0. The van der Waals surface area contributed by atoms with E-state index in [2.05, 4.69) is 34.6 Å². The fourth-order valence-corrected chi connectivity index (χ4v) is 4.11. The van der Waals surface area contributed by atoms with Gasteiger partial charge in [-0.05, 0) is 24.9 Å². The van der Waals surface area contributed by atoms with Crippen molar-refractivity contribution in [2.45, 2.75) is 56.7 Å². The molecule has 1 saturated carbocycles. The summed E-state index contributed by atoms with van der Waals surface area (Å²) in [5, 5.41) is 5.52. The molecule has 1 aliphatic carbocycles. The zero-order valence-electron chi connectivity index (χ0n) is 15.8. The van der Waals surface area contributed by atoms with E-state index in [1.807, 2.05) is 18.2 Å². The summed E-state index contributed by atoms with van der Waals surface area (Å²) < 4.78 is 33.0. The molecule has 1 aromatic rings. The van der Waals surface area contributed by atoms with E-state index in [-0.39, 0.29) is 25.0 Å². The lowest BCUT2D eigenvalue weighted by Gasteiger charge is -2.41. The molecular weight excluding hydrogens is 352 g/mol. The number of carbonyl (C=O) groups is 1. The highest BCUT2D eigenvalue weighted by Crippen LogP contribution is 2.33. The van der Waals surface area contributed by atoms with Gasteiger partial charge >= 0.3 is 6.03 Å². The van der Waals surface area contributed by atoms with Crippen LogP contribution < -0.4 is 10.6 Å². The van der Waals surface area contributed by atoms with Gasteiger partial charge in [-0.15, -0.1) is 0 Å². The third-order valence-corrected chi connectivity index (χ3v) is 5.44. The lowest BCUT2D eigenvalue weighted by molar-refractivity contribution is -0.0683. The van der Waals surface area contributed by atoms with E-state index in [1.165, 1.54) is 0 Å². The average molecular weight is 381 g/mol. The SMILES string of the molecule is CCN1CCO[C@@H](CNC(=O)NC2CCCC(F)(F)C2)[C@@H]1c1ccccc1. The van der Waals surface area contributed by atoms with Crippen molar-refractivity contribution in [1.82, 2.24) is 15.5 Å². The van der Waals surface area contributed by atoms with Gasteiger partial charge in [0, 0.05) is 32.0 Å². The summed E-state index contributed by atoms with van der Waals surface area (Å²) in [6.45, 7) is 4.80. The molecule has 2 amide bonds. The second-order valence-corrected chi connectivity index (χ2v) is 7.40. The first kappa shape index (κ1) is 20.0. The van der Waals surface area contributed by atoms with Crippen molar-refractivity contribution in [2.24, 2.45) is 0 Å². The number of likely N-dealkylation sites (N-methyl/N-ethyl adjacent to an activating group) is 1. The summed E-state index contributed by atoms with van der Waals surface area (Å²) >= 11 is 0. The minimum absolute atomic E-state index is 0.0595. The highest BCUT2D eigenvalue weighted by Gasteiger charge is 2.37. The molecule has 150 valence electrons. The van der Waals surface area contributed by atoms with Gasteiger partial charge in [0.25, 0.3) is 0 Å². The third kappa shape index (κ3) is 5.39. The Bertz CT molecular complexity index is 615. The molecule has 27 heavy (non-hydrogen) atoms. The number of benzene rings is 1. The van der Waals surface area contributed by atoms with Gasteiger partial charge in [0.15, 0.2) is 0 Å². The Hall–Kier alpha value is -1.73. The molecule has 2 fully saturated rings. The molecule has 1 aliphatic heterocycles. The molecule has 3 atom stereocenters. The Morgan fingerprint density at radius 2 is 2.11 bits per heavy atom. The van der Waals surface area contributed by atoms with Gasteiger partial charge in [0.2, 0.25) is 5.92 Å². The zero-order valence-corrected chi connectivity index (χ0v) is 15.8. The molecule has 1 unspecified atom stereocenters. The van der Waals surface area contributed by atoms with Crippen LogP contribution in [0.1, 0.15) is 44.2 Å². The Morgan fingerprint density at radius 1 is 1.33 bits per heavy atom. The van der Waals surface area contributed by atoms with Crippen LogP contribution in [0.25, 0.3) is 0 Å². The van der Waals surface area contributed by atoms with E-state index in [0.29, 0.717) is 26.0 Å². The van der Waals surface area contributed by atoms with Crippen molar-refractivity contribution in [3.05, 3.63) is 35.9 Å². The van der Waals surface area contributed by atoms with Crippen LogP contribution in [0, 0.1) is 0 Å². The van der Waals surface area contributed by atoms with E-state index >= 15 is 0 Å². The smallest absolute Gasteiger partial charge is 0.315 e. The number of nitrogens with one attached hydrogen (secondary N) is 2. The topological polar surface area (TPSA) is 53.6 Å². The monoisotopic (exact) mass is 381 g/mol. The number of ether oxygens (including phenoxy) is 1. The maximum absolute atomic E-state index is 13.5. The molecule has 0 spiro atoms. The van der Waals surface area contributed by atoms with Crippen molar-refractivity contribution in [1.29, 1.82) is 0 Å². The largest absolute Gasteiger partial charge is 0.373 e. The van der Waals surface area contributed by atoms with Gasteiger partial charge in [-0.3, -0.25) is 4.90 Å². The first-order valence-electron chi connectivity index (χ1n) is 9.81. The van der Waals surface area contributed by atoms with Crippen molar-refractivity contribution in [3.8, 4) is 0 Å². The fraction of sp³-hybridized carbons (Fsp3) is 0.650. The second kappa shape index (κ2) is 8.97. The van der Waals surface area contributed by atoms with Gasteiger partial charge in [0.1, 0.15) is 0 Å². The van der Waals surface area contributed by atoms with Crippen LogP contribution in [0.5, 0.6) is 0 Å². The summed E-state index contributed by atoms with van der Waals surface area (Å²) in [4.78, 5) is 14.6. The molecule has 0 aromatic heterocycles. The number of urea groups is 1. The molecular formula is C20H29F2N3O2. The maximum Gasteiger partial charge on any atom is 0.315 e. The highest BCUT2D eigenvalue weighted by molar-refractivity contribution is 5.74. The first-order chi connectivity index (χ1) is 13.0. The number of hydrogen-bond donors (Lipinski definition) is 2. The lowest BCUT2D eigenvalue weighted by atomic mass is 9.92. The summed E-state index contributed by atoms with van der Waals surface area (Å²) in [5.74, 6) is -2.68. The Labute approximate surface area is 159 Å². The van der Waals surface area contributed by atoms with Gasteiger partial charge in [0.05, 0.1) is 18.8 Å². The van der Waals surface area contributed by atoms with E-state index in [4.69, 9.17) is 4.74 Å². The Morgan fingerprint density at radius 3 is 2.81 bits per heavy atom. The number of morpholine rings is 1. The van der Waals surface area contributed by atoms with E-state index in [1.54, 1.807) is 0 Å². The first-order valence-corrected chi connectivity index (χ1v) is 9.81. The van der Waals surface area contributed by atoms with Gasteiger partial charge in [-0.25, -0.2) is 13.6 Å². The fourth-order valence-electron chi connectivity index (χ4n) is 4.11. The zero-order chi connectivity index (χ0) is 19.3. The summed E-state index contributed by atoms with van der Waals surface area (Å²) in [6.07, 6.45) is 0.481. The number of nitrogens with zero attached hydrogens (tertiary/aromatic N) is 1. The number of amides is 2. The van der Waals surface area contributed by atoms with Gasteiger partial charge in [-0.2, -0.15) is 0 Å². The number of rotatable bonds is 5. The molecule has 1 saturated heterocycles. The number of alkyl halides is 2. The van der Waals surface area contributed by atoms with Crippen molar-refractivity contribution in [2.75, 3.05) is 26.2 Å². The lowest BCUT2D eigenvalue weighted by Crippen LogP contribution is -2.52. The normalized spacial score (nSPS) is 28.5. The minimum Gasteiger partial charge on any atom is -0.373 e. The van der Waals surface area contributed by atoms with Crippen LogP contribution >= 0.6 is 0 Å². The standard InChI is InChI=1S/C20H29F2N3O2/c1-2-25-11-12-27-17(18(25)15-7-4-3-5-8-15)14-23-19(26)24-16-9-6-10-20(21,22)13-16/h3-5,7-8,16-18H,2,6,9-14H2,1H3,(H2,23,24,26)/t16?,17-,18-/m0/s1.